The third kappa shape index (κ3) is 2.84. The van der Waals surface area contributed by atoms with Crippen molar-refractivity contribution < 1.29 is 9.59 Å². The van der Waals surface area contributed by atoms with Gasteiger partial charge < -0.3 is 9.80 Å². The summed E-state index contributed by atoms with van der Waals surface area (Å²) >= 11 is 0. The molecule has 1 fully saturated rings. The van der Waals surface area contributed by atoms with Gasteiger partial charge in [0.05, 0.1) is 0 Å². The van der Waals surface area contributed by atoms with Gasteiger partial charge in [0, 0.05) is 38.7 Å². The Kier molecular flexibility index (Phi) is 3.87. The number of fused-ring (bicyclic) bond motifs is 1. The SMILES string of the molecule is CC(=O)N1CCN(C2=NC(=C3C=CCc4ccccc43)C(=O)N2)CC1. The summed E-state index contributed by atoms with van der Waals surface area (Å²) in [6.45, 7) is 4.24. The molecular formula is C19H20N4O2. The molecule has 1 saturated heterocycles. The highest BCUT2D eigenvalue weighted by atomic mass is 16.2. The van der Waals surface area contributed by atoms with Crippen LogP contribution in [0.1, 0.15) is 18.1 Å². The predicted octanol–water partition coefficient (Wildman–Crippen LogP) is 1.16. The monoisotopic (exact) mass is 336 g/mol. The lowest BCUT2D eigenvalue weighted by molar-refractivity contribution is -0.130. The van der Waals surface area contributed by atoms with Crippen molar-refractivity contribution in [2.75, 3.05) is 26.2 Å². The molecule has 2 amide bonds. The zero-order chi connectivity index (χ0) is 17.4. The maximum Gasteiger partial charge on any atom is 0.277 e. The van der Waals surface area contributed by atoms with Gasteiger partial charge in [-0.15, -0.1) is 0 Å². The average Bonchev–Trinajstić information content (AvgIpc) is 3.03. The highest BCUT2D eigenvalue weighted by Crippen LogP contribution is 2.30. The number of aliphatic imine (C=N–C) groups is 1. The number of guanidine groups is 1. The van der Waals surface area contributed by atoms with E-state index in [1.165, 1.54) is 5.56 Å². The average molecular weight is 336 g/mol. The lowest BCUT2D eigenvalue weighted by atomic mass is 9.91. The molecule has 128 valence electrons. The number of allylic oxidation sites excluding steroid dienone is 3. The molecule has 1 aliphatic carbocycles. The van der Waals surface area contributed by atoms with E-state index in [2.05, 4.69) is 22.5 Å². The number of piperazine rings is 1. The number of carbonyl (C=O) groups excluding carboxylic acids is 2. The maximum atomic E-state index is 12.5. The van der Waals surface area contributed by atoms with E-state index >= 15 is 0 Å². The minimum Gasteiger partial charge on any atom is -0.339 e. The number of nitrogens with zero attached hydrogens (tertiary/aromatic N) is 3. The van der Waals surface area contributed by atoms with Gasteiger partial charge in [0.15, 0.2) is 0 Å². The molecule has 0 radical (unpaired) electrons. The van der Waals surface area contributed by atoms with Crippen molar-refractivity contribution in [3.8, 4) is 0 Å². The molecule has 25 heavy (non-hydrogen) atoms. The van der Waals surface area contributed by atoms with E-state index < -0.39 is 0 Å². The van der Waals surface area contributed by atoms with E-state index in [0.717, 1.165) is 17.6 Å². The highest BCUT2D eigenvalue weighted by molar-refractivity contribution is 6.16. The number of amides is 2. The number of hydrogen-bond acceptors (Lipinski definition) is 4. The minimum atomic E-state index is -0.166. The first-order valence-corrected chi connectivity index (χ1v) is 8.53. The molecule has 0 unspecified atom stereocenters. The largest absolute Gasteiger partial charge is 0.339 e. The summed E-state index contributed by atoms with van der Waals surface area (Å²) in [7, 11) is 0. The predicted molar refractivity (Wildman–Crippen MR) is 95.6 cm³/mol. The molecular weight excluding hydrogens is 316 g/mol. The lowest BCUT2D eigenvalue weighted by Crippen LogP contribution is -2.52. The van der Waals surface area contributed by atoms with Gasteiger partial charge >= 0.3 is 0 Å². The quantitative estimate of drug-likeness (QED) is 0.723. The Morgan fingerprint density at radius 1 is 1.16 bits per heavy atom. The number of nitrogens with one attached hydrogen (secondary N) is 1. The van der Waals surface area contributed by atoms with Crippen molar-refractivity contribution >= 4 is 23.3 Å². The lowest BCUT2D eigenvalue weighted by Gasteiger charge is -2.34. The molecule has 6 heteroatoms. The van der Waals surface area contributed by atoms with Crippen molar-refractivity contribution in [2.45, 2.75) is 13.3 Å². The standard InChI is InChI=1S/C19H20N4O2/c1-13(24)22-9-11-23(12-10-22)19-20-17(18(25)21-19)16-8-4-6-14-5-2-3-7-15(14)16/h2-5,7-8H,6,9-12H2,1H3,(H,20,21,25). The fraction of sp³-hybridized carbons (Fsp3) is 0.316. The van der Waals surface area contributed by atoms with E-state index in [9.17, 15) is 9.59 Å². The van der Waals surface area contributed by atoms with Crippen molar-refractivity contribution in [3.05, 3.63) is 53.2 Å². The molecule has 1 aromatic carbocycles. The minimum absolute atomic E-state index is 0.0869. The van der Waals surface area contributed by atoms with E-state index in [1.54, 1.807) is 6.92 Å². The van der Waals surface area contributed by atoms with Gasteiger partial charge in [-0.25, -0.2) is 4.99 Å². The maximum absolute atomic E-state index is 12.5. The van der Waals surface area contributed by atoms with Crippen LogP contribution in [0.3, 0.4) is 0 Å². The molecule has 0 saturated carbocycles. The second kappa shape index (κ2) is 6.20. The highest BCUT2D eigenvalue weighted by Gasteiger charge is 2.30. The molecule has 6 nitrogen and oxygen atoms in total. The molecule has 1 N–H and O–H groups in total. The van der Waals surface area contributed by atoms with Crippen LogP contribution in [0.5, 0.6) is 0 Å². The van der Waals surface area contributed by atoms with Crippen molar-refractivity contribution in [1.29, 1.82) is 0 Å². The fourth-order valence-electron chi connectivity index (χ4n) is 3.47. The Balaban J connectivity index is 1.62. The van der Waals surface area contributed by atoms with Crippen LogP contribution in [-0.2, 0) is 16.0 Å². The van der Waals surface area contributed by atoms with Crippen LogP contribution in [0, 0.1) is 0 Å². The molecule has 0 atom stereocenters. The van der Waals surface area contributed by atoms with Gasteiger partial charge in [-0.1, -0.05) is 36.4 Å². The van der Waals surface area contributed by atoms with E-state index in [4.69, 9.17) is 0 Å². The van der Waals surface area contributed by atoms with Gasteiger partial charge in [-0.05, 0) is 17.5 Å². The van der Waals surface area contributed by atoms with Crippen molar-refractivity contribution in [1.82, 2.24) is 15.1 Å². The summed E-state index contributed by atoms with van der Waals surface area (Å²) in [5, 5.41) is 2.89. The molecule has 3 aliphatic rings. The summed E-state index contributed by atoms with van der Waals surface area (Å²) in [6.07, 6.45) is 4.92. The van der Waals surface area contributed by atoms with Crippen LogP contribution in [0.15, 0.2) is 47.1 Å². The first kappa shape index (κ1) is 15.6. The van der Waals surface area contributed by atoms with Crippen LogP contribution < -0.4 is 5.32 Å². The second-order valence-electron chi connectivity index (χ2n) is 6.41. The van der Waals surface area contributed by atoms with Crippen LogP contribution in [0.25, 0.3) is 5.57 Å². The Hall–Kier alpha value is -2.89. The molecule has 0 spiro atoms. The first-order chi connectivity index (χ1) is 12.1. The molecule has 0 bridgehead atoms. The summed E-state index contributed by atoms with van der Waals surface area (Å²) < 4.78 is 0. The Bertz CT molecular complexity index is 830. The smallest absolute Gasteiger partial charge is 0.277 e. The van der Waals surface area contributed by atoms with E-state index in [1.807, 2.05) is 34.1 Å². The summed E-state index contributed by atoms with van der Waals surface area (Å²) in [4.78, 5) is 32.4. The van der Waals surface area contributed by atoms with Gasteiger partial charge in [0.2, 0.25) is 11.9 Å². The molecule has 0 aromatic heterocycles. The van der Waals surface area contributed by atoms with E-state index in [0.29, 0.717) is 37.8 Å². The first-order valence-electron chi connectivity index (χ1n) is 8.53. The number of rotatable bonds is 0. The third-order valence-electron chi connectivity index (χ3n) is 4.87. The van der Waals surface area contributed by atoms with Crippen LogP contribution in [0.2, 0.25) is 0 Å². The number of benzene rings is 1. The van der Waals surface area contributed by atoms with Gasteiger partial charge in [0.1, 0.15) is 5.70 Å². The van der Waals surface area contributed by atoms with Crippen molar-refractivity contribution in [3.63, 3.8) is 0 Å². The number of carbonyl (C=O) groups is 2. The zero-order valence-electron chi connectivity index (χ0n) is 14.2. The van der Waals surface area contributed by atoms with Crippen LogP contribution >= 0.6 is 0 Å². The van der Waals surface area contributed by atoms with Crippen LogP contribution in [0.4, 0.5) is 0 Å². The Labute approximate surface area is 146 Å². The Morgan fingerprint density at radius 3 is 2.68 bits per heavy atom. The summed E-state index contributed by atoms with van der Waals surface area (Å²) in [5.41, 5.74) is 3.62. The third-order valence-corrected chi connectivity index (χ3v) is 4.87. The van der Waals surface area contributed by atoms with Gasteiger partial charge in [-0.2, -0.15) is 0 Å². The van der Waals surface area contributed by atoms with Crippen molar-refractivity contribution in [2.24, 2.45) is 4.99 Å². The normalized spacial score (nSPS) is 22.6. The second-order valence-corrected chi connectivity index (χ2v) is 6.41. The molecule has 2 heterocycles. The molecule has 4 rings (SSSR count). The Morgan fingerprint density at radius 2 is 1.92 bits per heavy atom. The van der Waals surface area contributed by atoms with Gasteiger partial charge in [0.25, 0.3) is 5.91 Å². The van der Waals surface area contributed by atoms with E-state index in [-0.39, 0.29) is 11.8 Å². The van der Waals surface area contributed by atoms with Gasteiger partial charge in [-0.3, -0.25) is 14.9 Å². The topological polar surface area (TPSA) is 65.0 Å². The number of hydrogen-bond donors (Lipinski definition) is 1. The summed E-state index contributed by atoms with van der Waals surface area (Å²) in [6, 6.07) is 8.11. The van der Waals surface area contributed by atoms with Crippen LogP contribution in [-0.4, -0.2) is 53.8 Å². The fourth-order valence-corrected chi connectivity index (χ4v) is 3.47. The molecule has 1 aromatic rings. The summed E-state index contributed by atoms with van der Waals surface area (Å²) in [5.74, 6) is 0.510. The zero-order valence-corrected chi connectivity index (χ0v) is 14.2. The molecule has 2 aliphatic heterocycles.